The predicted molar refractivity (Wildman–Crippen MR) is 127 cm³/mol. The van der Waals surface area contributed by atoms with Gasteiger partial charge in [0.05, 0.1) is 18.9 Å². The number of fused-ring (bicyclic) bond motifs is 1. The summed E-state index contributed by atoms with van der Waals surface area (Å²) in [6.07, 6.45) is 1.07. The Bertz CT molecular complexity index is 935. The van der Waals surface area contributed by atoms with Gasteiger partial charge in [-0.15, -0.1) is 0 Å². The molecule has 1 N–H and O–H groups in total. The Hall–Kier alpha value is -2.77. The van der Waals surface area contributed by atoms with Crippen molar-refractivity contribution < 1.29 is 14.3 Å². The van der Waals surface area contributed by atoms with Crippen LogP contribution in [0.3, 0.4) is 0 Å². The summed E-state index contributed by atoms with van der Waals surface area (Å²) in [4.78, 5) is 20.0. The van der Waals surface area contributed by atoms with Crippen molar-refractivity contribution in [1.82, 2.24) is 4.90 Å². The normalized spacial score (nSPS) is 21.6. The largest absolute Gasteiger partial charge is 0.478 e. The van der Waals surface area contributed by atoms with Crippen molar-refractivity contribution in [3.05, 3.63) is 48.0 Å². The number of hydrogen-bond donors (Lipinski definition) is 1. The fraction of sp³-hybridized carbons (Fsp3) is 0.480. The number of nitrogens with one attached hydrogen (secondary N) is 1. The zero-order valence-corrected chi connectivity index (χ0v) is 18.8. The lowest BCUT2D eigenvalue weighted by Gasteiger charge is -2.36. The van der Waals surface area contributed by atoms with Crippen molar-refractivity contribution in [2.45, 2.75) is 18.9 Å². The Labute approximate surface area is 189 Å². The number of ether oxygens (including phenoxy) is 2. The SMILES string of the molecule is [11CH3]N1CCN(c2cccc3c2O[C@H](C(=O)Nc2ccc(N4CCOCC4)cc2)CC3)CC1. The number of rotatable bonds is 4. The van der Waals surface area contributed by atoms with E-state index in [1.807, 2.05) is 12.1 Å². The summed E-state index contributed by atoms with van der Waals surface area (Å²) in [5, 5.41) is 3.05. The molecule has 5 rings (SSSR count). The van der Waals surface area contributed by atoms with Crippen LogP contribution in [0.4, 0.5) is 17.1 Å². The number of aryl methyl sites for hydroxylation is 1. The Kier molecular flexibility index (Phi) is 6.19. The maximum atomic E-state index is 13.0. The summed E-state index contributed by atoms with van der Waals surface area (Å²) in [5.74, 6) is 0.800. The van der Waals surface area contributed by atoms with Crippen molar-refractivity contribution in [2.24, 2.45) is 0 Å². The van der Waals surface area contributed by atoms with Crippen LogP contribution >= 0.6 is 0 Å². The van der Waals surface area contributed by atoms with Crippen molar-refractivity contribution in [3.8, 4) is 5.75 Å². The summed E-state index contributed by atoms with van der Waals surface area (Å²) < 4.78 is 11.7. The van der Waals surface area contributed by atoms with Crippen LogP contribution in [0.15, 0.2) is 42.5 Å². The standard InChI is InChI=1S/C25H32N4O3/c1-27-11-13-29(14-12-27)22-4-2-3-19-5-10-23(32-24(19)22)25(30)26-20-6-8-21(9-7-20)28-15-17-31-18-16-28/h2-4,6-9,23H,5,10-18H2,1H3,(H,26,30)/t23-/m0/s1/i1-1. The molecular weight excluding hydrogens is 403 g/mol. The molecule has 2 aromatic rings. The number of likely N-dealkylation sites (N-methyl/N-ethyl adjacent to an activating group) is 1. The lowest BCUT2D eigenvalue weighted by atomic mass is 10.00. The van der Waals surface area contributed by atoms with Crippen LogP contribution < -0.4 is 19.9 Å². The molecule has 7 heteroatoms. The molecule has 1 amide bonds. The van der Waals surface area contributed by atoms with Crippen molar-refractivity contribution >= 4 is 23.0 Å². The van der Waals surface area contributed by atoms with E-state index in [1.54, 1.807) is 0 Å². The smallest absolute Gasteiger partial charge is 0.265 e. The van der Waals surface area contributed by atoms with Gasteiger partial charge >= 0.3 is 0 Å². The lowest BCUT2D eigenvalue weighted by molar-refractivity contribution is -0.123. The third-order valence-electron chi connectivity index (χ3n) is 6.66. The van der Waals surface area contributed by atoms with E-state index in [9.17, 15) is 4.79 Å². The van der Waals surface area contributed by atoms with Crippen LogP contribution in [0, 0.1) is 0 Å². The van der Waals surface area contributed by atoms with Gasteiger partial charge in [0, 0.05) is 50.6 Å². The maximum Gasteiger partial charge on any atom is 0.265 e. The number of nitrogens with zero attached hydrogens (tertiary/aromatic N) is 3. The van der Waals surface area contributed by atoms with E-state index in [-0.39, 0.29) is 5.91 Å². The molecule has 0 saturated carbocycles. The minimum atomic E-state index is -0.477. The van der Waals surface area contributed by atoms with Crippen LogP contribution in [0.2, 0.25) is 0 Å². The van der Waals surface area contributed by atoms with Crippen LogP contribution in [-0.2, 0) is 16.0 Å². The highest BCUT2D eigenvalue weighted by atomic mass is 16.5. The van der Waals surface area contributed by atoms with E-state index in [2.05, 4.69) is 57.4 Å². The average molecular weight is 436 g/mol. The van der Waals surface area contributed by atoms with E-state index >= 15 is 0 Å². The molecule has 0 radical (unpaired) electrons. The molecule has 0 aromatic heterocycles. The molecule has 7 nitrogen and oxygen atoms in total. The summed E-state index contributed by atoms with van der Waals surface area (Å²) in [5.41, 5.74) is 4.27. The second-order valence-corrected chi connectivity index (χ2v) is 8.84. The fourth-order valence-corrected chi connectivity index (χ4v) is 4.67. The minimum absolute atomic E-state index is 0.0806. The van der Waals surface area contributed by atoms with Crippen LogP contribution in [0.5, 0.6) is 5.75 Å². The molecule has 2 aromatic carbocycles. The zero-order valence-electron chi connectivity index (χ0n) is 18.8. The molecule has 3 aliphatic rings. The highest BCUT2D eigenvalue weighted by Crippen LogP contribution is 2.38. The molecule has 0 unspecified atom stereocenters. The third-order valence-corrected chi connectivity index (χ3v) is 6.66. The highest BCUT2D eigenvalue weighted by molar-refractivity contribution is 5.95. The molecule has 0 bridgehead atoms. The number of carbonyl (C=O) groups excluding carboxylic acids is 1. The quantitative estimate of drug-likeness (QED) is 0.797. The summed E-state index contributed by atoms with van der Waals surface area (Å²) in [7, 11) is 2.15. The van der Waals surface area contributed by atoms with Gasteiger partial charge in [-0.2, -0.15) is 0 Å². The monoisotopic (exact) mass is 435 g/mol. The number of hydrogen-bond acceptors (Lipinski definition) is 6. The molecule has 2 fully saturated rings. The Balaban J connectivity index is 1.25. The summed E-state index contributed by atoms with van der Waals surface area (Å²) in [6, 6.07) is 14.4. The first-order valence-corrected chi connectivity index (χ1v) is 11.6. The molecule has 0 spiro atoms. The van der Waals surface area contributed by atoms with Crippen molar-refractivity contribution in [3.63, 3.8) is 0 Å². The molecule has 0 aliphatic carbocycles. The molecule has 32 heavy (non-hydrogen) atoms. The summed E-state index contributed by atoms with van der Waals surface area (Å²) >= 11 is 0. The highest BCUT2D eigenvalue weighted by Gasteiger charge is 2.29. The van der Waals surface area contributed by atoms with Gasteiger partial charge in [0.15, 0.2) is 6.10 Å². The first-order valence-electron chi connectivity index (χ1n) is 11.6. The van der Waals surface area contributed by atoms with Gasteiger partial charge in [-0.3, -0.25) is 4.79 Å². The van der Waals surface area contributed by atoms with Gasteiger partial charge < -0.3 is 29.5 Å². The number of anilines is 3. The Morgan fingerprint density at radius 1 is 0.938 bits per heavy atom. The van der Waals surface area contributed by atoms with E-state index < -0.39 is 6.10 Å². The molecule has 3 aliphatic heterocycles. The zero-order chi connectivity index (χ0) is 21.9. The first-order chi connectivity index (χ1) is 15.7. The molecule has 2 saturated heterocycles. The average Bonchev–Trinajstić information content (AvgIpc) is 2.85. The molecular formula is C25H32N4O3. The second-order valence-electron chi connectivity index (χ2n) is 8.84. The van der Waals surface area contributed by atoms with Crippen LogP contribution in [-0.4, -0.2) is 76.4 Å². The molecule has 170 valence electrons. The number of amides is 1. The number of para-hydroxylation sites is 1. The first kappa shape index (κ1) is 21.1. The fourth-order valence-electron chi connectivity index (χ4n) is 4.67. The maximum absolute atomic E-state index is 13.0. The number of piperazine rings is 1. The van der Waals surface area contributed by atoms with Gasteiger partial charge in [-0.05, 0) is 55.8 Å². The van der Waals surface area contributed by atoms with Gasteiger partial charge in [-0.25, -0.2) is 0 Å². The summed E-state index contributed by atoms with van der Waals surface area (Å²) in [6.45, 7) is 7.34. The van der Waals surface area contributed by atoms with Crippen LogP contribution in [0.25, 0.3) is 0 Å². The minimum Gasteiger partial charge on any atom is -0.478 e. The van der Waals surface area contributed by atoms with Crippen LogP contribution in [0.1, 0.15) is 12.0 Å². The Morgan fingerprint density at radius 2 is 1.69 bits per heavy atom. The third kappa shape index (κ3) is 4.54. The van der Waals surface area contributed by atoms with E-state index in [4.69, 9.17) is 9.47 Å². The van der Waals surface area contributed by atoms with Gasteiger partial charge in [0.2, 0.25) is 0 Å². The number of benzene rings is 2. The van der Waals surface area contributed by atoms with Gasteiger partial charge in [0.1, 0.15) is 5.75 Å². The van der Waals surface area contributed by atoms with Crippen molar-refractivity contribution in [2.75, 3.05) is 74.6 Å². The van der Waals surface area contributed by atoms with Gasteiger partial charge in [-0.1, -0.05) is 12.1 Å². The lowest BCUT2D eigenvalue weighted by Crippen LogP contribution is -2.45. The van der Waals surface area contributed by atoms with E-state index in [1.165, 1.54) is 5.56 Å². The van der Waals surface area contributed by atoms with E-state index in [0.29, 0.717) is 6.42 Å². The second kappa shape index (κ2) is 9.38. The molecule has 1 atom stereocenters. The Morgan fingerprint density at radius 3 is 2.44 bits per heavy atom. The number of morpholine rings is 1. The van der Waals surface area contributed by atoms with E-state index in [0.717, 1.165) is 81.7 Å². The topological polar surface area (TPSA) is 57.3 Å². The van der Waals surface area contributed by atoms with Crippen molar-refractivity contribution in [1.29, 1.82) is 0 Å². The predicted octanol–water partition coefficient (Wildman–Crippen LogP) is 2.61. The number of carbonyl (C=O) groups is 1. The van der Waals surface area contributed by atoms with Gasteiger partial charge in [0.25, 0.3) is 5.91 Å². The molecule has 3 heterocycles.